The average Bonchev–Trinajstić information content (AvgIpc) is 2.16. The second-order valence-corrected chi connectivity index (χ2v) is 4.25. The Kier molecular flexibility index (Phi) is 4.19. The molecule has 0 saturated carbocycles. The molecule has 0 atom stereocenters. The normalized spacial score (nSPS) is 10.6. The fourth-order valence-electron chi connectivity index (χ4n) is 1.17. The van der Waals surface area contributed by atoms with Crippen molar-refractivity contribution in [2.24, 2.45) is 5.92 Å². The maximum Gasteiger partial charge on any atom is 0.171 e. The van der Waals surface area contributed by atoms with Crippen LogP contribution in [-0.4, -0.2) is 11.6 Å². The summed E-state index contributed by atoms with van der Waals surface area (Å²) in [4.78, 5) is 23.0. The monoisotopic (exact) mass is 242 g/mol. The predicted octanol–water partition coefficient (Wildman–Crippen LogP) is 3.28. The number of rotatable bonds is 4. The van der Waals surface area contributed by atoms with Gasteiger partial charge in [-0.1, -0.05) is 25.4 Å². The molecule has 1 aromatic carbocycles. The molecule has 0 heterocycles. The van der Waals surface area contributed by atoms with Gasteiger partial charge in [-0.3, -0.25) is 9.59 Å². The lowest BCUT2D eigenvalue weighted by molar-refractivity contribution is -0.121. The highest BCUT2D eigenvalue weighted by Gasteiger charge is 2.17. The van der Waals surface area contributed by atoms with E-state index >= 15 is 0 Å². The van der Waals surface area contributed by atoms with Gasteiger partial charge in [0.05, 0.1) is 11.4 Å². The van der Waals surface area contributed by atoms with Gasteiger partial charge in [0.1, 0.15) is 11.6 Å². The third-order valence-electron chi connectivity index (χ3n) is 2.21. The molecule has 1 rings (SSSR count). The molecule has 4 heteroatoms. The van der Waals surface area contributed by atoms with Crippen molar-refractivity contribution < 1.29 is 14.0 Å². The van der Waals surface area contributed by atoms with Crippen LogP contribution in [-0.2, 0) is 4.79 Å². The molecule has 1 aromatic rings. The number of benzene rings is 1. The van der Waals surface area contributed by atoms with Crippen molar-refractivity contribution in [2.45, 2.75) is 20.3 Å². The van der Waals surface area contributed by atoms with Crippen molar-refractivity contribution in [3.8, 4) is 0 Å². The van der Waals surface area contributed by atoms with Crippen LogP contribution in [0.15, 0.2) is 18.2 Å². The van der Waals surface area contributed by atoms with E-state index in [4.69, 9.17) is 11.6 Å². The number of carbonyl (C=O) groups excluding carboxylic acids is 2. The predicted molar refractivity (Wildman–Crippen MR) is 60.2 cm³/mol. The molecule has 0 aromatic heterocycles. The second kappa shape index (κ2) is 5.21. The van der Waals surface area contributed by atoms with Crippen LogP contribution in [0, 0.1) is 11.7 Å². The Morgan fingerprint density at radius 2 is 2.00 bits per heavy atom. The van der Waals surface area contributed by atoms with E-state index in [0.717, 1.165) is 12.1 Å². The van der Waals surface area contributed by atoms with Gasteiger partial charge in [-0.2, -0.15) is 0 Å². The largest absolute Gasteiger partial charge is 0.299 e. The van der Waals surface area contributed by atoms with Crippen molar-refractivity contribution in [3.63, 3.8) is 0 Å². The average molecular weight is 243 g/mol. The lowest BCUT2D eigenvalue weighted by atomic mass is 10.00. The number of hydrogen-bond donors (Lipinski definition) is 0. The van der Waals surface area contributed by atoms with Crippen LogP contribution in [0.5, 0.6) is 0 Å². The lowest BCUT2D eigenvalue weighted by Crippen LogP contribution is -2.13. The van der Waals surface area contributed by atoms with Gasteiger partial charge in [-0.25, -0.2) is 4.39 Å². The van der Waals surface area contributed by atoms with Crippen LogP contribution in [0.2, 0.25) is 5.02 Å². The van der Waals surface area contributed by atoms with E-state index in [0.29, 0.717) is 0 Å². The van der Waals surface area contributed by atoms with Crippen LogP contribution in [0.25, 0.3) is 0 Å². The smallest absolute Gasteiger partial charge is 0.171 e. The zero-order valence-electron chi connectivity index (χ0n) is 9.09. The fourth-order valence-corrected chi connectivity index (χ4v) is 1.45. The first-order chi connectivity index (χ1) is 7.41. The van der Waals surface area contributed by atoms with Crippen LogP contribution < -0.4 is 0 Å². The minimum atomic E-state index is -0.503. The van der Waals surface area contributed by atoms with Gasteiger partial charge < -0.3 is 0 Å². The maximum absolute atomic E-state index is 12.7. The standard InChI is InChI=1S/C12H12ClFO2/c1-7(2)11(15)6-12(16)9-4-3-8(14)5-10(9)13/h3-5,7H,6H2,1-2H3. The van der Waals surface area contributed by atoms with Crippen LogP contribution in [0.3, 0.4) is 0 Å². The molecule has 0 amide bonds. The molecule has 2 nitrogen and oxygen atoms in total. The Bertz CT molecular complexity index is 427. The first-order valence-corrected chi connectivity index (χ1v) is 5.30. The highest BCUT2D eigenvalue weighted by Crippen LogP contribution is 2.19. The van der Waals surface area contributed by atoms with Crippen molar-refractivity contribution >= 4 is 23.2 Å². The molecule has 0 fully saturated rings. The molecule has 0 unspecified atom stereocenters. The summed E-state index contributed by atoms with van der Waals surface area (Å²) in [5.74, 6) is -1.21. The number of Topliss-reactive ketones (excluding diaryl/α,β-unsaturated/α-hetero) is 2. The van der Waals surface area contributed by atoms with E-state index in [1.165, 1.54) is 6.07 Å². The maximum atomic E-state index is 12.7. The number of hydrogen-bond acceptors (Lipinski definition) is 2. The SMILES string of the molecule is CC(C)C(=O)CC(=O)c1ccc(F)cc1Cl. The van der Waals surface area contributed by atoms with Crippen LogP contribution in [0.4, 0.5) is 4.39 Å². The summed E-state index contributed by atoms with van der Waals surface area (Å²) >= 11 is 5.72. The minimum absolute atomic E-state index is 0.0431. The van der Waals surface area contributed by atoms with Gasteiger partial charge >= 0.3 is 0 Å². The van der Waals surface area contributed by atoms with Crippen molar-refractivity contribution in [2.75, 3.05) is 0 Å². The molecule has 0 aliphatic rings. The van der Waals surface area contributed by atoms with E-state index in [1.807, 2.05) is 0 Å². The minimum Gasteiger partial charge on any atom is -0.299 e. The van der Waals surface area contributed by atoms with Gasteiger partial charge in [0.2, 0.25) is 0 Å². The molecule has 86 valence electrons. The van der Waals surface area contributed by atoms with E-state index in [1.54, 1.807) is 13.8 Å². The summed E-state index contributed by atoms with van der Waals surface area (Å²) in [7, 11) is 0. The summed E-state index contributed by atoms with van der Waals surface area (Å²) in [6.45, 7) is 3.45. The summed E-state index contributed by atoms with van der Waals surface area (Å²) in [6, 6.07) is 3.52. The molecule has 0 spiro atoms. The highest BCUT2D eigenvalue weighted by atomic mass is 35.5. The Labute approximate surface area is 98.4 Å². The number of ketones is 2. The molecule has 16 heavy (non-hydrogen) atoms. The fraction of sp³-hybridized carbons (Fsp3) is 0.333. The van der Waals surface area contributed by atoms with Gasteiger partial charge in [0.15, 0.2) is 5.78 Å². The molecule has 0 saturated heterocycles. The van der Waals surface area contributed by atoms with E-state index in [2.05, 4.69) is 0 Å². The Morgan fingerprint density at radius 3 is 2.50 bits per heavy atom. The molecular formula is C12H12ClFO2. The van der Waals surface area contributed by atoms with Gasteiger partial charge in [0, 0.05) is 11.5 Å². The summed E-state index contributed by atoms with van der Waals surface area (Å²) in [5.41, 5.74) is 0.192. The van der Waals surface area contributed by atoms with Gasteiger partial charge in [0.25, 0.3) is 0 Å². The summed E-state index contributed by atoms with van der Waals surface area (Å²) in [6.07, 6.45) is -0.191. The highest BCUT2D eigenvalue weighted by molar-refractivity contribution is 6.34. The quantitative estimate of drug-likeness (QED) is 0.600. The summed E-state index contributed by atoms with van der Waals surface area (Å²) < 4.78 is 12.7. The van der Waals surface area contributed by atoms with Crippen molar-refractivity contribution in [1.29, 1.82) is 0 Å². The van der Waals surface area contributed by atoms with Crippen LogP contribution in [0.1, 0.15) is 30.6 Å². The third kappa shape index (κ3) is 3.14. The van der Waals surface area contributed by atoms with Gasteiger partial charge in [-0.15, -0.1) is 0 Å². The molecule has 0 N–H and O–H groups in total. The summed E-state index contributed by atoms with van der Waals surface area (Å²) in [5, 5.41) is 0.0431. The van der Waals surface area contributed by atoms with Crippen molar-refractivity contribution in [1.82, 2.24) is 0 Å². The Morgan fingerprint density at radius 1 is 1.38 bits per heavy atom. The Hall–Kier alpha value is -1.22. The molecule has 0 bridgehead atoms. The van der Waals surface area contributed by atoms with Crippen LogP contribution >= 0.6 is 11.6 Å². The number of carbonyl (C=O) groups is 2. The van der Waals surface area contributed by atoms with E-state index in [-0.39, 0.29) is 34.5 Å². The van der Waals surface area contributed by atoms with E-state index < -0.39 is 5.82 Å². The van der Waals surface area contributed by atoms with Crippen molar-refractivity contribution in [3.05, 3.63) is 34.6 Å². The zero-order valence-corrected chi connectivity index (χ0v) is 9.84. The third-order valence-corrected chi connectivity index (χ3v) is 2.52. The number of halogens is 2. The Balaban J connectivity index is 2.85. The molecule has 0 aliphatic heterocycles. The van der Waals surface area contributed by atoms with Gasteiger partial charge in [-0.05, 0) is 18.2 Å². The zero-order chi connectivity index (χ0) is 12.3. The first-order valence-electron chi connectivity index (χ1n) is 4.92. The van der Waals surface area contributed by atoms with E-state index in [9.17, 15) is 14.0 Å². The second-order valence-electron chi connectivity index (χ2n) is 3.85. The molecule has 0 aliphatic carbocycles. The molecule has 0 radical (unpaired) electrons. The first kappa shape index (κ1) is 12.8. The lowest BCUT2D eigenvalue weighted by Gasteiger charge is -2.05. The topological polar surface area (TPSA) is 34.1 Å². The molecular weight excluding hydrogens is 231 g/mol.